The molecule has 0 heterocycles. The van der Waals surface area contributed by atoms with E-state index in [1.54, 1.807) is 39.3 Å². The Kier molecular flexibility index (Phi) is 5.39. The van der Waals surface area contributed by atoms with E-state index >= 15 is 0 Å². The van der Waals surface area contributed by atoms with E-state index in [-0.39, 0.29) is 12.0 Å². The minimum absolute atomic E-state index is 0.0926. The number of carbonyl (C=O) groups is 1. The van der Waals surface area contributed by atoms with Gasteiger partial charge in [-0.2, -0.15) is 0 Å². The minimum Gasteiger partial charge on any atom is -0.497 e. The number of carbonyl (C=O) groups excluding carboxylic acids is 1. The van der Waals surface area contributed by atoms with E-state index in [2.05, 4.69) is 5.32 Å². The molecule has 0 amide bonds. The summed E-state index contributed by atoms with van der Waals surface area (Å²) in [5, 5.41) is 3.24. The number of hydrogen-bond donors (Lipinski definition) is 1. The lowest BCUT2D eigenvalue weighted by Gasteiger charge is -2.32. The van der Waals surface area contributed by atoms with E-state index in [0.717, 1.165) is 0 Å². The number of ether oxygens (including phenoxy) is 3. The molecule has 0 spiro atoms. The SMILES string of the molecule is COC(=O)C(C)(NC(C)C)c1cc(OC)ccc1OC. The molecule has 1 N–H and O–H groups in total. The van der Waals surface area contributed by atoms with Crippen molar-refractivity contribution in [3.63, 3.8) is 0 Å². The van der Waals surface area contributed by atoms with Crippen molar-refractivity contribution in [3.8, 4) is 11.5 Å². The van der Waals surface area contributed by atoms with Gasteiger partial charge in [-0.3, -0.25) is 5.32 Å². The van der Waals surface area contributed by atoms with Crippen LogP contribution in [0.5, 0.6) is 11.5 Å². The summed E-state index contributed by atoms with van der Waals surface area (Å²) in [6.45, 7) is 5.71. The molecule has 0 aliphatic rings. The van der Waals surface area contributed by atoms with Gasteiger partial charge in [0.05, 0.1) is 21.3 Å². The van der Waals surface area contributed by atoms with Crippen molar-refractivity contribution in [2.24, 2.45) is 0 Å². The van der Waals surface area contributed by atoms with Crippen LogP contribution in [0.1, 0.15) is 26.3 Å². The summed E-state index contributed by atoms with van der Waals surface area (Å²) >= 11 is 0. The van der Waals surface area contributed by atoms with Gasteiger partial charge in [-0.25, -0.2) is 4.79 Å². The van der Waals surface area contributed by atoms with Crippen LogP contribution >= 0.6 is 0 Å². The van der Waals surface area contributed by atoms with Crippen LogP contribution < -0.4 is 14.8 Å². The van der Waals surface area contributed by atoms with Gasteiger partial charge >= 0.3 is 5.97 Å². The van der Waals surface area contributed by atoms with Crippen LogP contribution in [0.4, 0.5) is 0 Å². The molecule has 5 heteroatoms. The fraction of sp³-hybridized carbons (Fsp3) is 0.533. The van der Waals surface area contributed by atoms with Crippen LogP contribution in [0.15, 0.2) is 18.2 Å². The maximum absolute atomic E-state index is 12.3. The standard InChI is InChI=1S/C15H23NO4/c1-10(2)16-15(3,14(17)20-6)12-9-11(18-4)7-8-13(12)19-5/h7-10,16H,1-6H3. The zero-order valence-corrected chi connectivity index (χ0v) is 12.9. The molecule has 1 rings (SSSR count). The van der Waals surface area contributed by atoms with E-state index in [0.29, 0.717) is 17.1 Å². The van der Waals surface area contributed by atoms with Gasteiger partial charge < -0.3 is 14.2 Å². The van der Waals surface area contributed by atoms with Crippen LogP contribution in [-0.4, -0.2) is 33.3 Å². The van der Waals surface area contributed by atoms with Gasteiger partial charge in [0.25, 0.3) is 0 Å². The molecule has 0 fully saturated rings. The van der Waals surface area contributed by atoms with Crippen molar-refractivity contribution in [1.82, 2.24) is 5.32 Å². The lowest BCUT2D eigenvalue weighted by atomic mass is 9.90. The summed E-state index contributed by atoms with van der Waals surface area (Å²) in [4.78, 5) is 12.3. The number of benzene rings is 1. The molecular formula is C15H23NO4. The summed E-state index contributed by atoms with van der Waals surface area (Å²) in [5.74, 6) is 0.881. The molecule has 1 atom stereocenters. The van der Waals surface area contributed by atoms with Crippen molar-refractivity contribution in [2.45, 2.75) is 32.4 Å². The monoisotopic (exact) mass is 281 g/mol. The Bertz CT molecular complexity index is 473. The lowest BCUT2D eigenvalue weighted by molar-refractivity contribution is -0.148. The van der Waals surface area contributed by atoms with Gasteiger partial charge in [0.1, 0.15) is 17.0 Å². The number of hydrogen-bond acceptors (Lipinski definition) is 5. The quantitative estimate of drug-likeness (QED) is 0.809. The first-order chi connectivity index (χ1) is 9.38. The van der Waals surface area contributed by atoms with Crippen LogP contribution in [0.3, 0.4) is 0 Å². The van der Waals surface area contributed by atoms with Crippen molar-refractivity contribution in [3.05, 3.63) is 23.8 Å². The molecule has 0 aliphatic carbocycles. The molecule has 1 aromatic carbocycles. The molecule has 0 aromatic heterocycles. The zero-order chi connectivity index (χ0) is 15.3. The first kappa shape index (κ1) is 16.3. The average Bonchev–Trinajstić information content (AvgIpc) is 2.44. The summed E-state index contributed by atoms with van der Waals surface area (Å²) in [7, 11) is 4.52. The zero-order valence-electron chi connectivity index (χ0n) is 12.9. The van der Waals surface area contributed by atoms with Crippen molar-refractivity contribution in [2.75, 3.05) is 21.3 Å². The second kappa shape index (κ2) is 6.61. The summed E-state index contributed by atoms with van der Waals surface area (Å²) in [5.41, 5.74) is -0.331. The smallest absolute Gasteiger partial charge is 0.330 e. The van der Waals surface area contributed by atoms with Gasteiger partial charge in [-0.05, 0) is 39.0 Å². The fourth-order valence-corrected chi connectivity index (χ4v) is 2.23. The third-order valence-corrected chi connectivity index (χ3v) is 3.12. The molecule has 0 bridgehead atoms. The van der Waals surface area contributed by atoms with Gasteiger partial charge in [-0.1, -0.05) is 0 Å². The third-order valence-electron chi connectivity index (χ3n) is 3.12. The van der Waals surface area contributed by atoms with E-state index in [4.69, 9.17) is 14.2 Å². The predicted molar refractivity (Wildman–Crippen MR) is 77.2 cm³/mol. The summed E-state index contributed by atoms with van der Waals surface area (Å²) < 4.78 is 15.5. The molecule has 112 valence electrons. The maximum atomic E-state index is 12.3. The third kappa shape index (κ3) is 3.22. The van der Waals surface area contributed by atoms with Crippen LogP contribution in [-0.2, 0) is 15.1 Å². The molecular weight excluding hydrogens is 258 g/mol. The minimum atomic E-state index is -1.01. The Morgan fingerprint density at radius 2 is 1.85 bits per heavy atom. The Balaban J connectivity index is 3.42. The van der Waals surface area contributed by atoms with E-state index in [1.165, 1.54) is 7.11 Å². The van der Waals surface area contributed by atoms with E-state index < -0.39 is 5.54 Å². The van der Waals surface area contributed by atoms with E-state index in [1.807, 2.05) is 13.8 Å². The number of methoxy groups -OCH3 is 3. The van der Waals surface area contributed by atoms with Gasteiger partial charge in [0.15, 0.2) is 0 Å². The molecule has 5 nitrogen and oxygen atoms in total. The summed E-state index contributed by atoms with van der Waals surface area (Å²) in [6, 6.07) is 5.44. The van der Waals surface area contributed by atoms with Crippen LogP contribution in [0, 0.1) is 0 Å². The topological polar surface area (TPSA) is 56.8 Å². The van der Waals surface area contributed by atoms with Gasteiger partial charge in [-0.15, -0.1) is 0 Å². The van der Waals surface area contributed by atoms with Gasteiger partial charge in [0, 0.05) is 11.6 Å². The van der Waals surface area contributed by atoms with E-state index in [9.17, 15) is 4.79 Å². The van der Waals surface area contributed by atoms with Crippen LogP contribution in [0.25, 0.3) is 0 Å². The highest BCUT2D eigenvalue weighted by molar-refractivity contribution is 5.83. The van der Waals surface area contributed by atoms with Crippen molar-refractivity contribution >= 4 is 5.97 Å². The van der Waals surface area contributed by atoms with Crippen molar-refractivity contribution in [1.29, 1.82) is 0 Å². The normalized spacial score (nSPS) is 13.8. The molecule has 20 heavy (non-hydrogen) atoms. The second-order valence-corrected chi connectivity index (χ2v) is 4.98. The molecule has 0 aliphatic heterocycles. The highest BCUT2D eigenvalue weighted by atomic mass is 16.5. The first-order valence-corrected chi connectivity index (χ1v) is 6.47. The van der Waals surface area contributed by atoms with Crippen LogP contribution in [0.2, 0.25) is 0 Å². The number of esters is 1. The highest BCUT2D eigenvalue weighted by Crippen LogP contribution is 2.34. The largest absolute Gasteiger partial charge is 0.497 e. The number of nitrogens with one attached hydrogen (secondary N) is 1. The predicted octanol–water partition coefficient (Wildman–Crippen LogP) is 2.09. The Morgan fingerprint density at radius 3 is 2.30 bits per heavy atom. The number of rotatable bonds is 6. The fourth-order valence-electron chi connectivity index (χ4n) is 2.23. The molecule has 1 aromatic rings. The summed E-state index contributed by atoms with van der Waals surface area (Å²) in [6.07, 6.45) is 0. The molecule has 0 saturated carbocycles. The van der Waals surface area contributed by atoms with Crippen molar-refractivity contribution < 1.29 is 19.0 Å². The highest BCUT2D eigenvalue weighted by Gasteiger charge is 2.39. The van der Waals surface area contributed by atoms with Gasteiger partial charge in [0.2, 0.25) is 0 Å². The Morgan fingerprint density at radius 1 is 1.20 bits per heavy atom. The maximum Gasteiger partial charge on any atom is 0.330 e. The first-order valence-electron chi connectivity index (χ1n) is 6.47. The Hall–Kier alpha value is -1.75. The Labute approximate surface area is 120 Å². The second-order valence-electron chi connectivity index (χ2n) is 4.98. The molecule has 0 saturated heterocycles. The molecule has 0 radical (unpaired) electrons. The molecule has 1 unspecified atom stereocenters. The lowest BCUT2D eigenvalue weighted by Crippen LogP contribution is -2.50. The average molecular weight is 281 g/mol.